The molecule has 0 spiro atoms. The number of hydrazine groups is 1. The summed E-state index contributed by atoms with van der Waals surface area (Å²) in [7, 11) is 2.83. The average Bonchev–Trinajstić information content (AvgIpc) is 3.02. The van der Waals surface area contributed by atoms with E-state index in [1.807, 2.05) is 0 Å². The number of nitrogens with zero attached hydrogens (tertiary/aromatic N) is 1. The molecule has 1 aliphatic rings. The molecule has 1 aromatic rings. The van der Waals surface area contributed by atoms with Gasteiger partial charge >= 0.3 is 18.2 Å². The predicted molar refractivity (Wildman–Crippen MR) is 115 cm³/mol. The average molecular weight is 466 g/mol. The summed E-state index contributed by atoms with van der Waals surface area (Å²) in [6.45, 7) is 7.87. The number of methoxy groups -OCH3 is 2. The van der Waals surface area contributed by atoms with Gasteiger partial charge in [0.05, 0.1) is 27.4 Å². The molecule has 2 amide bonds. The molecule has 0 unspecified atom stereocenters. The highest BCUT2D eigenvalue weighted by molar-refractivity contribution is 6.21. The first-order valence-corrected chi connectivity index (χ1v) is 10.4. The van der Waals surface area contributed by atoms with Crippen molar-refractivity contribution in [3.63, 3.8) is 0 Å². The Morgan fingerprint density at radius 1 is 1.03 bits per heavy atom. The van der Waals surface area contributed by atoms with Gasteiger partial charge < -0.3 is 23.7 Å². The third-order valence-electron chi connectivity index (χ3n) is 4.72. The van der Waals surface area contributed by atoms with Crippen molar-refractivity contribution in [2.24, 2.45) is 0 Å². The number of benzene rings is 1. The van der Waals surface area contributed by atoms with E-state index in [1.165, 1.54) is 26.4 Å². The van der Waals surface area contributed by atoms with E-state index in [0.29, 0.717) is 16.3 Å². The van der Waals surface area contributed by atoms with Gasteiger partial charge in [-0.1, -0.05) is 0 Å². The molecule has 0 bridgehead atoms. The smallest absolute Gasteiger partial charge is 0.430 e. The zero-order valence-corrected chi connectivity index (χ0v) is 19.9. The van der Waals surface area contributed by atoms with E-state index < -0.39 is 35.1 Å². The maximum absolute atomic E-state index is 13.8. The highest BCUT2D eigenvalue weighted by Gasteiger charge is 2.61. The topological polar surface area (TPSA) is 130 Å². The Morgan fingerprint density at radius 2 is 1.61 bits per heavy atom. The lowest BCUT2D eigenvalue weighted by Gasteiger charge is -2.37. The minimum Gasteiger partial charge on any atom is -0.493 e. The molecule has 11 heteroatoms. The van der Waals surface area contributed by atoms with Crippen LogP contribution in [-0.4, -0.2) is 67.5 Å². The van der Waals surface area contributed by atoms with Gasteiger partial charge in [-0.3, -0.25) is 4.79 Å². The highest BCUT2D eigenvalue weighted by Crippen LogP contribution is 2.41. The lowest BCUT2D eigenvalue weighted by Crippen LogP contribution is -2.68. The summed E-state index contributed by atoms with van der Waals surface area (Å²) in [4.78, 5) is 52.5. The van der Waals surface area contributed by atoms with Crippen LogP contribution in [0.1, 0.15) is 50.5 Å². The van der Waals surface area contributed by atoms with E-state index in [9.17, 15) is 19.2 Å². The van der Waals surface area contributed by atoms with Crippen molar-refractivity contribution in [1.82, 2.24) is 10.4 Å². The number of amides is 2. The van der Waals surface area contributed by atoms with Crippen LogP contribution in [-0.2, 0) is 25.4 Å². The molecule has 2 rings (SSSR count). The summed E-state index contributed by atoms with van der Waals surface area (Å²) in [5.74, 6) is -1.24. The van der Waals surface area contributed by atoms with Crippen LogP contribution in [0, 0.1) is 0 Å². The van der Waals surface area contributed by atoms with Gasteiger partial charge in [0.25, 0.3) is 0 Å². The first kappa shape index (κ1) is 25.8. The molecule has 11 nitrogen and oxygen atoms in total. The van der Waals surface area contributed by atoms with Crippen LogP contribution >= 0.6 is 0 Å². The molecule has 0 aliphatic heterocycles. The Balaban J connectivity index is 2.71. The van der Waals surface area contributed by atoms with Crippen LogP contribution in [0.4, 0.5) is 9.59 Å². The van der Waals surface area contributed by atoms with Gasteiger partial charge in [0.2, 0.25) is 11.3 Å². The second-order valence-corrected chi connectivity index (χ2v) is 8.10. The fraction of sp³-hybridized carbons (Fsp3) is 0.545. The van der Waals surface area contributed by atoms with Crippen molar-refractivity contribution in [2.45, 2.75) is 52.2 Å². The van der Waals surface area contributed by atoms with Gasteiger partial charge in [-0.2, -0.15) is 5.01 Å². The van der Waals surface area contributed by atoms with Crippen molar-refractivity contribution in [1.29, 1.82) is 0 Å². The minimum atomic E-state index is -2.29. The summed E-state index contributed by atoms with van der Waals surface area (Å²) >= 11 is 0. The van der Waals surface area contributed by atoms with E-state index >= 15 is 0 Å². The molecule has 0 fully saturated rings. The molecule has 1 aliphatic carbocycles. The summed E-state index contributed by atoms with van der Waals surface area (Å²) in [6, 6.07) is 2.95. The zero-order chi connectivity index (χ0) is 25.0. The van der Waals surface area contributed by atoms with Crippen molar-refractivity contribution in [2.75, 3.05) is 27.4 Å². The minimum absolute atomic E-state index is 0.00942. The number of ether oxygens (including phenoxy) is 5. The van der Waals surface area contributed by atoms with Gasteiger partial charge in [0.1, 0.15) is 5.60 Å². The van der Waals surface area contributed by atoms with Gasteiger partial charge in [-0.25, -0.2) is 19.8 Å². The zero-order valence-electron chi connectivity index (χ0n) is 19.9. The van der Waals surface area contributed by atoms with Crippen LogP contribution in [0.5, 0.6) is 11.5 Å². The lowest BCUT2D eigenvalue weighted by atomic mass is 9.93. The SMILES string of the molecule is CCOC(=O)NN(C(=O)OCC)[C@@]1(C(=O)OC(C)(C)C)Cc2cc(OC)c(OC)cc2C1=O. The number of ketones is 1. The van der Waals surface area contributed by atoms with Crippen molar-refractivity contribution < 1.29 is 42.9 Å². The molecule has 1 atom stereocenters. The Hall–Kier alpha value is -3.50. The summed E-state index contributed by atoms with van der Waals surface area (Å²) in [5, 5.41) is 0.545. The summed E-state index contributed by atoms with van der Waals surface area (Å²) in [5.41, 5.74) is -0.597. The van der Waals surface area contributed by atoms with Crippen molar-refractivity contribution in [3.8, 4) is 11.5 Å². The van der Waals surface area contributed by atoms with Crippen LogP contribution in [0.25, 0.3) is 0 Å². The van der Waals surface area contributed by atoms with Crippen molar-refractivity contribution >= 4 is 23.9 Å². The highest BCUT2D eigenvalue weighted by atomic mass is 16.6. The third-order valence-corrected chi connectivity index (χ3v) is 4.72. The van der Waals surface area contributed by atoms with Crippen molar-refractivity contribution in [3.05, 3.63) is 23.3 Å². The quantitative estimate of drug-likeness (QED) is 0.291. The van der Waals surface area contributed by atoms with E-state index in [4.69, 9.17) is 23.7 Å². The molecule has 0 saturated carbocycles. The van der Waals surface area contributed by atoms with Crippen LogP contribution in [0.2, 0.25) is 0 Å². The molecule has 182 valence electrons. The van der Waals surface area contributed by atoms with E-state index in [0.717, 1.165) is 0 Å². The first-order valence-electron chi connectivity index (χ1n) is 10.4. The number of hydrogen-bond acceptors (Lipinski definition) is 9. The Kier molecular flexibility index (Phi) is 7.78. The summed E-state index contributed by atoms with van der Waals surface area (Å²) in [6.07, 6.45) is -2.48. The van der Waals surface area contributed by atoms with Crippen LogP contribution in [0.15, 0.2) is 12.1 Å². The van der Waals surface area contributed by atoms with E-state index in [-0.39, 0.29) is 30.9 Å². The molecule has 0 heterocycles. The van der Waals surface area contributed by atoms with E-state index in [2.05, 4.69) is 5.43 Å². The fourth-order valence-corrected chi connectivity index (χ4v) is 3.40. The normalized spacial score (nSPS) is 17.0. The lowest BCUT2D eigenvalue weighted by molar-refractivity contribution is -0.166. The Labute approximate surface area is 192 Å². The Bertz CT molecular complexity index is 939. The number of hydrogen-bond donors (Lipinski definition) is 1. The van der Waals surface area contributed by atoms with Gasteiger partial charge in [-0.15, -0.1) is 0 Å². The Morgan fingerprint density at radius 3 is 2.12 bits per heavy atom. The number of esters is 1. The maximum atomic E-state index is 13.8. The van der Waals surface area contributed by atoms with Crippen LogP contribution in [0.3, 0.4) is 0 Å². The fourth-order valence-electron chi connectivity index (χ4n) is 3.40. The predicted octanol–water partition coefficient (Wildman–Crippen LogP) is 2.64. The van der Waals surface area contributed by atoms with E-state index in [1.54, 1.807) is 34.6 Å². The number of fused-ring (bicyclic) bond motifs is 1. The number of rotatable bonds is 6. The van der Waals surface area contributed by atoms with Gasteiger partial charge in [0.15, 0.2) is 11.5 Å². The number of nitrogens with one attached hydrogen (secondary N) is 1. The molecule has 0 radical (unpaired) electrons. The third kappa shape index (κ3) is 5.12. The summed E-state index contributed by atoms with van der Waals surface area (Å²) < 4.78 is 26.0. The second-order valence-electron chi connectivity index (χ2n) is 8.10. The number of Topliss-reactive ketones (excluding diaryl/α,β-unsaturated/α-hetero) is 1. The molecular weight excluding hydrogens is 436 g/mol. The maximum Gasteiger partial charge on any atom is 0.430 e. The molecule has 33 heavy (non-hydrogen) atoms. The van der Waals surface area contributed by atoms with Crippen LogP contribution < -0.4 is 14.9 Å². The van der Waals surface area contributed by atoms with Gasteiger partial charge in [0, 0.05) is 12.0 Å². The first-order chi connectivity index (χ1) is 15.4. The molecule has 1 aromatic carbocycles. The second kappa shape index (κ2) is 9.97. The monoisotopic (exact) mass is 466 g/mol. The largest absolute Gasteiger partial charge is 0.493 e. The number of carbonyl (C=O) groups excluding carboxylic acids is 4. The number of carbonyl (C=O) groups is 4. The van der Waals surface area contributed by atoms with Gasteiger partial charge in [-0.05, 0) is 52.3 Å². The molecule has 1 N–H and O–H groups in total. The molecular formula is C22H30N2O9. The standard InChI is InChI=1S/C22H30N2O9/c1-8-31-19(27)23-24(20(28)32-9-2)22(18(26)33-21(3,4)5)12-13-10-15(29-6)16(30-7)11-14(13)17(22)25/h10-11H,8-9,12H2,1-7H3,(H,23,27)/t22-/m0/s1. The molecule has 0 saturated heterocycles. The molecule has 0 aromatic heterocycles.